The standard InChI is InChI=1S/C29H32N2O2/c1-6-30(7-2)29(32)33-27-13-12-26-25(28(27)24-17-21(4)16-22(5)18-24)14-15-31(26)19-23-10-8-20(3)9-11-23/h8-18H,6-7,19H2,1-5H3. The molecule has 0 fully saturated rings. The fraction of sp³-hybridized carbons (Fsp3) is 0.276. The lowest BCUT2D eigenvalue weighted by Crippen LogP contribution is -2.33. The van der Waals surface area contributed by atoms with E-state index < -0.39 is 0 Å². The van der Waals surface area contributed by atoms with Crippen molar-refractivity contribution in [2.24, 2.45) is 0 Å². The van der Waals surface area contributed by atoms with Gasteiger partial charge in [-0.15, -0.1) is 0 Å². The van der Waals surface area contributed by atoms with Gasteiger partial charge in [0.15, 0.2) is 0 Å². The molecule has 33 heavy (non-hydrogen) atoms. The van der Waals surface area contributed by atoms with Gasteiger partial charge in [0.25, 0.3) is 0 Å². The van der Waals surface area contributed by atoms with E-state index in [9.17, 15) is 4.79 Å². The van der Waals surface area contributed by atoms with Crippen LogP contribution in [0.3, 0.4) is 0 Å². The summed E-state index contributed by atoms with van der Waals surface area (Å²) in [5, 5.41) is 1.08. The van der Waals surface area contributed by atoms with Gasteiger partial charge in [-0.3, -0.25) is 0 Å². The van der Waals surface area contributed by atoms with Gasteiger partial charge in [-0.05, 0) is 63.9 Å². The van der Waals surface area contributed by atoms with Crippen molar-refractivity contribution < 1.29 is 9.53 Å². The fourth-order valence-electron chi connectivity index (χ4n) is 4.42. The molecule has 4 heteroatoms. The molecule has 0 aliphatic heterocycles. The zero-order valence-corrected chi connectivity index (χ0v) is 20.2. The quantitative estimate of drug-likeness (QED) is 0.320. The number of carbonyl (C=O) groups excluding carboxylic acids is 1. The van der Waals surface area contributed by atoms with Crippen molar-refractivity contribution in [3.8, 4) is 16.9 Å². The van der Waals surface area contributed by atoms with Gasteiger partial charge in [0, 0.05) is 42.3 Å². The fourth-order valence-corrected chi connectivity index (χ4v) is 4.42. The molecule has 170 valence electrons. The highest BCUT2D eigenvalue weighted by molar-refractivity contribution is 6.00. The van der Waals surface area contributed by atoms with Crippen molar-refractivity contribution in [1.82, 2.24) is 9.47 Å². The van der Waals surface area contributed by atoms with Gasteiger partial charge in [-0.2, -0.15) is 0 Å². The number of rotatable bonds is 6. The molecule has 0 saturated carbocycles. The Hall–Kier alpha value is -3.53. The maximum atomic E-state index is 12.8. The van der Waals surface area contributed by atoms with E-state index >= 15 is 0 Å². The van der Waals surface area contributed by atoms with E-state index in [1.165, 1.54) is 22.3 Å². The number of fused-ring (bicyclic) bond motifs is 1. The highest BCUT2D eigenvalue weighted by atomic mass is 16.6. The number of amides is 1. The van der Waals surface area contributed by atoms with Gasteiger partial charge in [0.05, 0.1) is 0 Å². The monoisotopic (exact) mass is 440 g/mol. The van der Waals surface area contributed by atoms with Gasteiger partial charge in [-0.25, -0.2) is 4.79 Å². The lowest BCUT2D eigenvalue weighted by molar-refractivity contribution is 0.157. The molecule has 0 bridgehead atoms. The lowest BCUT2D eigenvalue weighted by atomic mass is 9.97. The molecule has 0 unspecified atom stereocenters. The summed E-state index contributed by atoms with van der Waals surface area (Å²) in [7, 11) is 0. The van der Waals surface area contributed by atoms with E-state index in [0.717, 1.165) is 28.6 Å². The first kappa shape index (κ1) is 22.7. The Kier molecular flexibility index (Phi) is 6.55. The molecular weight excluding hydrogens is 408 g/mol. The van der Waals surface area contributed by atoms with E-state index in [4.69, 9.17) is 4.74 Å². The second-order valence-electron chi connectivity index (χ2n) is 8.72. The predicted molar refractivity (Wildman–Crippen MR) is 136 cm³/mol. The van der Waals surface area contributed by atoms with Crippen molar-refractivity contribution in [2.45, 2.75) is 41.2 Å². The number of carbonyl (C=O) groups is 1. The van der Waals surface area contributed by atoms with E-state index in [1.54, 1.807) is 4.90 Å². The second-order valence-corrected chi connectivity index (χ2v) is 8.72. The Morgan fingerprint density at radius 2 is 1.52 bits per heavy atom. The normalized spacial score (nSPS) is 11.1. The van der Waals surface area contributed by atoms with Gasteiger partial charge >= 0.3 is 6.09 Å². The molecule has 1 aromatic heterocycles. The highest BCUT2D eigenvalue weighted by Crippen LogP contribution is 2.39. The number of hydrogen-bond donors (Lipinski definition) is 0. The van der Waals surface area contributed by atoms with Crippen molar-refractivity contribution >= 4 is 17.0 Å². The number of hydrogen-bond acceptors (Lipinski definition) is 2. The molecule has 0 N–H and O–H groups in total. The zero-order valence-electron chi connectivity index (χ0n) is 20.2. The Bertz CT molecular complexity index is 1260. The third-order valence-electron chi connectivity index (χ3n) is 6.12. The van der Waals surface area contributed by atoms with Crippen LogP contribution in [0.4, 0.5) is 4.79 Å². The molecule has 4 rings (SSSR count). The van der Waals surface area contributed by atoms with Gasteiger partial charge in [0.1, 0.15) is 5.75 Å². The average Bonchev–Trinajstić information content (AvgIpc) is 3.18. The van der Waals surface area contributed by atoms with Crippen LogP contribution in [-0.4, -0.2) is 28.6 Å². The zero-order chi connectivity index (χ0) is 23.5. The minimum absolute atomic E-state index is 0.316. The number of benzene rings is 3. The van der Waals surface area contributed by atoms with Gasteiger partial charge < -0.3 is 14.2 Å². The Morgan fingerprint density at radius 1 is 0.848 bits per heavy atom. The maximum Gasteiger partial charge on any atom is 0.415 e. The summed E-state index contributed by atoms with van der Waals surface area (Å²) in [6.07, 6.45) is 1.80. The molecule has 0 radical (unpaired) electrons. The second kappa shape index (κ2) is 9.53. The molecular formula is C29H32N2O2. The van der Waals surface area contributed by atoms with Crippen LogP contribution < -0.4 is 4.74 Å². The Labute approximate surface area is 196 Å². The summed E-state index contributed by atoms with van der Waals surface area (Å²) in [5.74, 6) is 0.595. The summed E-state index contributed by atoms with van der Waals surface area (Å²) in [6, 6.07) is 21.2. The lowest BCUT2D eigenvalue weighted by Gasteiger charge is -2.20. The number of ether oxygens (including phenoxy) is 1. The summed E-state index contributed by atoms with van der Waals surface area (Å²) < 4.78 is 8.20. The molecule has 1 amide bonds. The molecule has 1 heterocycles. The van der Waals surface area contributed by atoms with Crippen LogP contribution in [0.25, 0.3) is 22.0 Å². The summed E-state index contributed by atoms with van der Waals surface area (Å²) in [6.45, 7) is 12.2. The van der Waals surface area contributed by atoms with Crippen LogP contribution in [0, 0.1) is 20.8 Å². The smallest absolute Gasteiger partial charge is 0.410 e. The molecule has 0 atom stereocenters. The molecule has 3 aromatic carbocycles. The SMILES string of the molecule is CCN(CC)C(=O)Oc1ccc2c(ccn2Cc2ccc(C)cc2)c1-c1cc(C)cc(C)c1. The predicted octanol–water partition coefficient (Wildman–Crippen LogP) is 7.12. The molecule has 0 spiro atoms. The highest BCUT2D eigenvalue weighted by Gasteiger charge is 2.19. The molecule has 0 aliphatic rings. The first-order valence-corrected chi connectivity index (χ1v) is 11.6. The van der Waals surface area contributed by atoms with E-state index in [0.29, 0.717) is 18.8 Å². The molecule has 0 saturated heterocycles. The van der Waals surface area contributed by atoms with Crippen LogP contribution in [0.15, 0.2) is 66.9 Å². The van der Waals surface area contributed by atoms with Crippen LogP contribution in [-0.2, 0) is 6.54 Å². The van der Waals surface area contributed by atoms with Crippen molar-refractivity contribution in [3.05, 3.63) is 89.1 Å². The van der Waals surface area contributed by atoms with Crippen molar-refractivity contribution in [1.29, 1.82) is 0 Å². The van der Waals surface area contributed by atoms with Crippen LogP contribution in [0.2, 0.25) is 0 Å². The Morgan fingerprint density at radius 3 is 2.15 bits per heavy atom. The summed E-state index contributed by atoms with van der Waals surface area (Å²) >= 11 is 0. The Balaban J connectivity index is 1.83. The van der Waals surface area contributed by atoms with Crippen LogP contribution >= 0.6 is 0 Å². The molecule has 4 aromatic rings. The average molecular weight is 441 g/mol. The topological polar surface area (TPSA) is 34.5 Å². The van der Waals surface area contributed by atoms with Crippen LogP contribution in [0.5, 0.6) is 5.75 Å². The van der Waals surface area contributed by atoms with Gasteiger partial charge in [0.2, 0.25) is 0 Å². The number of nitrogens with zero attached hydrogens (tertiary/aromatic N) is 2. The minimum Gasteiger partial charge on any atom is -0.410 e. The largest absolute Gasteiger partial charge is 0.415 e. The van der Waals surface area contributed by atoms with E-state index in [1.807, 2.05) is 19.9 Å². The molecule has 0 aliphatic carbocycles. The first-order valence-electron chi connectivity index (χ1n) is 11.6. The van der Waals surface area contributed by atoms with Crippen molar-refractivity contribution in [2.75, 3.05) is 13.1 Å². The third kappa shape index (κ3) is 4.80. The summed E-state index contributed by atoms with van der Waals surface area (Å²) in [5.41, 5.74) is 8.02. The number of aryl methyl sites for hydroxylation is 3. The maximum absolute atomic E-state index is 12.8. The minimum atomic E-state index is -0.316. The van der Waals surface area contributed by atoms with E-state index in [2.05, 4.69) is 86.1 Å². The summed E-state index contributed by atoms with van der Waals surface area (Å²) in [4.78, 5) is 14.5. The van der Waals surface area contributed by atoms with Crippen molar-refractivity contribution in [3.63, 3.8) is 0 Å². The molecule has 4 nitrogen and oxygen atoms in total. The van der Waals surface area contributed by atoms with Crippen LogP contribution in [0.1, 0.15) is 36.1 Å². The third-order valence-corrected chi connectivity index (χ3v) is 6.12. The van der Waals surface area contributed by atoms with Gasteiger partial charge in [-0.1, -0.05) is 59.2 Å². The number of aromatic nitrogens is 1. The van der Waals surface area contributed by atoms with E-state index in [-0.39, 0.29) is 6.09 Å². The first-order chi connectivity index (χ1) is 15.9.